The molecule has 3 atom stereocenters. The average molecular weight is 467 g/mol. The number of fused-ring (bicyclic) bond motifs is 1. The molecule has 0 spiro atoms. The maximum atomic E-state index is 13.3. The Morgan fingerprint density at radius 2 is 1.82 bits per heavy atom. The maximum absolute atomic E-state index is 13.3. The van der Waals surface area contributed by atoms with E-state index in [0.717, 1.165) is 17.5 Å². The summed E-state index contributed by atoms with van der Waals surface area (Å²) >= 11 is 0. The largest absolute Gasteiger partial charge is 0.394 e. The molecule has 7 heteroatoms. The van der Waals surface area contributed by atoms with Gasteiger partial charge in [-0.15, -0.1) is 0 Å². The van der Waals surface area contributed by atoms with E-state index >= 15 is 0 Å². The number of aliphatic hydroxyl groups excluding tert-OH is 1. The number of amides is 1. The third-order valence-electron chi connectivity index (χ3n) is 6.47. The molecule has 6 nitrogen and oxygen atoms in total. The minimum absolute atomic E-state index is 0.133. The van der Waals surface area contributed by atoms with Crippen LogP contribution in [0.5, 0.6) is 0 Å². The van der Waals surface area contributed by atoms with Gasteiger partial charge in [-0.25, -0.2) is 8.42 Å². The zero-order chi connectivity index (χ0) is 23.8. The van der Waals surface area contributed by atoms with Crippen molar-refractivity contribution in [2.45, 2.75) is 50.1 Å². The third kappa shape index (κ3) is 4.43. The van der Waals surface area contributed by atoms with E-state index in [1.54, 1.807) is 36.1 Å². The second-order valence-electron chi connectivity index (χ2n) is 9.23. The lowest BCUT2D eigenvalue weighted by atomic mass is 9.74. The van der Waals surface area contributed by atoms with Gasteiger partial charge in [-0.3, -0.25) is 4.79 Å². The second kappa shape index (κ2) is 9.30. The molecule has 33 heavy (non-hydrogen) atoms. The number of rotatable bonds is 5. The lowest BCUT2D eigenvalue weighted by molar-refractivity contribution is -0.158. The number of nitrogens with zero attached hydrogens (tertiary/aromatic N) is 2. The number of carbonyl (C=O) groups excluding carboxylic acids is 1. The molecule has 174 valence electrons. The van der Waals surface area contributed by atoms with Gasteiger partial charge in [0.1, 0.15) is 0 Å². The number of aliphatic hydroxyl groups is 1. The summed E-state index contributed by atoms with van der Waals surface area (Å²) in [5, 5.41) is 9.99. The number of aryl methyl sites for hydroxylation is 1. The first-order valence-electron chi connectivity index (χ1n) is 11.3. The Balaban J connectivity index is 1.58. The summed E-state index contributed by atoms with van der Waals surface area (Å²) in [5.41, 5.74) is 2.55. The van der Waals surface area contributed by atoms with Gasteiger partial charge in [0.05, 0.1) is 30.1 Å². The van der Waals surface area contributed by atoms with Crippen molar-refractivity contribution in [1.82, 2.24) is 9.21 Å². The number of hydrogen-bond acceptors (Lipinski definition) is 4. The molecule has 0 unspecified atom stereocenters. The van der Waals surface area contributed by atoms with Gasteiger partial charge in [0.2, 0.25) is 15.9 Å². The summed E-state index contributed by atoms with van der Waals surface area (Å²) < 4.78 is 27.9. The Morgan fingerprint density at radius 1 is 1.12 bits per heavy atom. The van der Waals surface area contributed by atoms with Crippen LogP contribution in [0.4, 0.5) is 0 Å². The molecule has 0 aromatic heterocycles. The van der Waals surface area contributed by atoms with Crippen LogP contribution in [0.3, 0.4) is 0 Å². The van der Waals surface area contributed by atoms with Crippen molar-refractivity contribution in [3.63, 3.8) is 0 Å². The predicted octanol–water partition coefficient (Wildman–Crippen LogP) is 2.75. The van der Waals surface area contributed by atoms with Crippen LogP contribution in [0.1, 0.15) is 42.9 Å². The van der Waals surface area contributed by atoms with Crippen molar-refractivity contribution in [3.05, 3.63) is 65.2 Å². The highest BCUT2D eigenvalue weighted by atomic mass is 32.2. The summed E-state index contributed by atoms with van der Waals surface area (Å²) in [4.78, 5) is 14.8. The molecule has 2 aliphatic rings. The summed E-state index contributed by atoms with van der Waals surface area (Å²) in [6.07, 6.45) is 0.835. The van der Waals surface area contributed by atoms with Crippen LogP contribution in [-0.2, 0) is 14.8 Å². The van der Waals surface area contributed by atoms with Gasteiger partial charge in [0.15, 0.2) is 0 Å². The molecular formula is C26H30N2O4S. The van der Waals surface area contributed by atoms with E-state index in [0.29, 0.717) is 11.5 Å². The molecular weight excluding hydrogens is 436 g/mol. The smallest absolute Gasteiger partial charge is 0.243 e. The highest BCUT2D eigenvalue weighted by molar-refractivity contribution is 7.89. The summed E-state index contributed by atoms with van der Waals surface area (Å²) in [5.74, 6) is 6.46. The van der Waals surface area contributed by atoms with E-state index < -0.39 is 10.0 Å². The van der Waals surface area contributed by atoms with E-state index in [9.17, 15) is 18.3 Å². The standard InChI is InChI=1S/C26H30N2O4S/c1-18(2)7-6-9-20-11-13-21(14-12-20)26-22-15-27(16-25(30)28(22)23(26)17-29)33(31,32)24-10-5-4-8-19(24)3/h4-5,8,10-14,18,22-23,26,29H,7,15-17H2,1-3H3/t22-,23+,26+/m0/s1. The van der Waals surface area contributed by atoms with Gasteiger partial charge < -0.3 is 10.0 Å². The number of carbonyl (C=O) groups is 1. The van der Waals surface area contributed by atoms with E-state index in [1.165, 1.54) is 4.31 Å². The molecule has 2 aromatic rings. The molecule has 2 heterocycles. The minimum atomic E-state index is -3.80. The molecule has 0 radical (unpaired) electrons. The summed E-state index contributed by atoms with van der Waals surface area (Å²) in [6, 6.07) is 14.0. The zero-order valence-electron chi connectivity index (χ0n) is 19.2. The van der Waals surface area contributed by atoms with Crippen molar-refractivity contribution in [3.8, 4) is 11.8 Å². The van der Waals surface area contributed by atoms with E-state index in [1.807, 2.05) is 24.3 Å². The third-order valence-corrected chi connectivity index (χ3v) is 8.44. The first kappa shape index (κ1) is 23.5. The Morgan fingerprint density at radius 3 is 2.45 bits per heavy atom. The molecule has 0 aliphatic carbocycles. The summed E-state index contributed by atoms with van der Waals surface area (Å²) in [6.45, 7) is 5.85. The fraction of sp³-hybridized carbons (Fsp3) is 0.423. The van der Waals surface area contributed by atoms with Crippen LogP contribution >= 0.6 is 0 Å². The molecule has 2 fully saturated rings. The number of benzene rings is 2. The lowest BCUT2D eigenvalue weighted by Crippen LogP contribution is -2.73. The normalized spacial score (nSPS) is 23.0. The van der Waals surface area contributed by atoms with Gasteiger partial charge >= 0.3 is 0 Å². The van der Waals surface area contributed by atoms with Crippen LogP contribution in [0, 0.1) is 24.7 Å². The van der Waals surface area contributed by atoms with Crippen molar-refractivity contribution in [2.24, 2.45) is 5.92 Å². The Bertz CT molecular complexity index is 1190. The molecule has 2 aromatic carbocycles. The van der Waals surface area contributed by atoms with Crippen LogP contribution in [0.15, 0.2) is 53.4 Å². The van der Waals surface area contributed by atoms with Crippen LogP contribution in [0.25, 0.3) is 0 Å². The Hall–Kier alpha value is -2.66. The number of piperazine rings is 1. The molecule has 0 bridgehead atoms. The predicted molar refractivity (Wildman–Crippen MR) is 127 cm³/mol. The number of sulfonamides is 1. The zero-order valence-corrected chi connectivity index (χ0v) is 20.0. The van der Waals surface area contributed by atoms with E-state index in [4.69, 9.17) is 0 Å². The Labute approximate surface area is 196 Å². The van der Waals surface area contributed by atoms with Crippen molar-refractivity contribution in [1.29, 1.82) is 0 Å². The maximum Gasteiger partial charge on any atom is 0.243 e. The molecule has 1 N–H and O–H groups in total. The Kier molecular flexibility index (Phi) is 6.62. The quantitative estimate of drug-likeness (QED) is 0.688. The summed E-state index contributed by atoms with van der Waals surface area (Å²) in [7, 11) is -3.80. The number of hydrogen-bond donors (Lipinski definition) is 1. The van der Waals surface area contributed by atoms with Gasteiger partial charge in [0, 0.05) is 24.4 Å². The molecule has 0 saturated carbocycles. The lowest BCUT2D eigenvalue weighted by Gasteiger charge is -2.58. The SMILES string of the molecule is Cc1ccccc1S(=O)(=O)N1CC(=O)N2[C@H](CO)[C@H](c3ccc(C#CCC(C)C)cc3)[C@@H]2C1. The fourth-order valence-corrected chi connectivity index (χ4v) is 6.42. The highest BCUT2D eigenvalue weighted by Gasteiger charge is 2.55. The highest BCUT2D eigenvalue weighted by Crippen LogP contribution is 2.43. The molecule has 1 amide bonds. The van der Waals surface area contributed by atoms with Crippen molar-refractivity contribution < 1.29 is 18.3 Å². The molecule has 4 rings (SSSR count). The van der Waals surface area contributed by atoms with Gasteiger partial charge in [-0.1, -0.05) is 56.0 Å². The fourth-order valence-electron chi connectivity index (χ4n) is 4.78. The van der Waals surface area contributed by atoms with Gasteiger partial charge in [-0.05, 0) is 42.2 Å². The van der Waals surface area contributed by atoms with Gasteiger partial charge in [0.25, 0.3) is 0 Å². The minimum Gasteiger partial charge on any atom is -0.394 e. The van der Waals surface area contributed by atoms with Gasteiger partial charge in [-0.2, -0.15) is 4.31 Å². The first-order chi connectivity index (χ1) is 15.7. The van der Waals surface area contributed by atoms with Crippen LogP contribution < -0.4 is 0 Å². The topological polar surface area (TPSA) is 77.9 Å². The van der Waals surface area contributed by atoms with Crippen molar-refractivity contribution in [2.75, 3.05) is 19.7 Å². The second-order valence-corrected chi connectivity index (χ2v) is 11.1. The first-order valence-corrected chi connectivity index (χ1v) is 12.7. The van der Waals surface area contributed by atoms with Crippen LogP contribution in [-0.4, -0.2) is 60.4 Å². The molecule has 2 aliphatic heterocycles. The average Bonchev–Trinajstić information content (AvgIpc) is 2.76. The van der Waals surface area contributed by atoms with Crippen molar-refractivity contribution >= 4 is 15.9 Å². The molecule has 2 saturated heterocycles. The van der Waals surface area contributed by atoms with E-state index in [-0.39, 0.29) is 48.5 Å². The van der Waals surface area contributed by atoms with E-state index in [2.05, 4.69) is 25.7 Å². The monoisotopic (exact) mass is 466 g/mol. The van der Waals surface area contributed by atoms with Crippen LogP contribution in [0.2, 0.25) is 0 Å².